The molecular formula is C21H24BrNO2. The lowest BCUT2D eigenvalue weighted by Gasteiger charge is -2.26. The van der Waals surface area contributed by atoms with E-state index in [4.69, 9.17) is 4.74 Å². The van der Waals surface area contributed by atoms with Crippen molar-refractivity contribution < 1.29 is 9.53 Å². The lowest BCUT2D eigenvalue weighted by atomic mass is 9.99. The summed E-state index contributed by atoms with van der Waals surface area (Å²) >= 11 is 3.51. The molecule has 0 saturated carbocycles. The Hall–Kier alpha value is -1.81. The van der Waals surface area contributed by atoms with E-state index in [1.807, 2.05) is 18.2 Å². The molecule has 0 aliphatic carbocycles. The maximum absolute atomic E-state index is 12.8. The number of rotatable bonds is 5. The van der Waals surface area contributed by atoms with E-state index >= 15 is 0 Å². The van der Waals surface area contributed by atoms with Gasteiger partial charge in [0.25, 0.3) is 0 Å². The van der Waals surface area contributed by atoms with E-state index < -0.39 is 0 Å². The van der Waals surface area contributed by atoms with Crippen LogP contribution >= 0.6 is 15.9 Å². The zero-order valence-corrected chi connectivity index (χ0v) is 16.4. The fourth-order valence-corrected chi connectivity index (χ4v) is 4.20. The number of hydrogen-bond donors (Lipinski definition) is 0. The molecule has 132 valence electrons. The Bertz CT molecular complexity index is 759. The molecule has 1 amide bonds. The summed E-state index contributed by atoms with van der Waals surface area (Å²) < 4.78 is 6.19. The predicted octanol–water partition coefficient (Wildman–Crippen LogP) is 5.06. The van der Waals surface area contributed by atoms with Crippen LogP contribution in [0.5, 0.6) is 5.75 Å². The van der Waals surface area contributed by atoms with Gasteiger partial charge in [0.15, 0.2) is 0 Å². The highest BCUT2D eigenvalue weighted by Gasteiger charge is 2.30. The van der Waals surface area contributed by atoms with Gasteiger partial charge in [0.05, 0.1) is 17.6 Å². The third-order valence-electron chi connectivity index (χ3n) is 4.96. The number of benzene rings is 2. The molecule has 1 atom stereocenters. The number of amides is 1. The molecule has 3 rings (SSSR count). The Morgan fingerprint density at radius 1 is 1.28 bits per heavy atom. The van der Waals surface area contributed by atoms with Gasteiger partial charge in [0.1, 0.15) is 5.75 Å². The first kappa shape index (κ1) is 18.0. The number of nitrogens with zero attached hydrogens (tertiary/aromatic N) is 1. The molecule has 0 N–H and O–H groups in total. The normalized spacial score (nSPS) is 16.9. The molecule has 0 spiro atoms. The number of carbonyl (C=O) groups excluding carboxylic acids is 1. The summed E-state index contributed by atoms with van der Waals surface area (Å²) in [6.45, 7) is 3.00. The third-order valence-corrected chi connectivity index (χ3v) is 5.58. The van der Waals surface area contributed by atoms with E-state index in [1.54, 1.807) is 7.11 Å². The van der Waals surface area contributed by atoms with Crippen LogP contribution in [0.3, 0.4) is 0 Å². The molecule has 0 radical (unpaired) electrons. The maximum atomic E-state index is 12.8. The van der Waals surface area contributed by atoms with Crippen molar-refractivity contribution in [1.82, 2.24) is 4.90 Å². The van der Waals surface area contributed by atoms with Gasteiger partial charge in [-0.25, -0.2) is 0 Å². The summed E-state index contributed by atoms with van der Waals surface area (Å²) in [4.78, 5) is 14.9. The molecule has 1 unspecified atom stereocenters. The molecule has 1 aliphatic heterocycles. The summed E-state index contributed by atoms with van der Waals surface area (Å²) in [5.41, 5.74) is 3.71. The summed E-state index contributed by atoms with van der Waals surface area (Å²) in [6.07, 6.45) is 3.43. The van der Waals surface area contributed by atoms with Crippen molar-refractivity contribution in [3.63, 3.8) is 0 Å². The minimum atomic E-state index is 0.233. The number of likely N-dealkylation sites (tertiary alicyclic amines) is 1. The monoisotopic (exact) mass is 401 g/mol. The van der Waals surface area contributed by atoms with Crippen molar-refractivity contribution >= 4 is 21.8 Å². The molecule has 1 saturated heterocycles. The lowest BCUT2D eigenvalue weighted by Crippen LogP contribution is -2.31. The van der Waals surface area contributed by atoms with Crippen LogP contribution in [0.4, 0.5) is 0 Å². The zero-order valence-electron chi connectivity index (χ0n) is 14.8. The minimum Gasteiger partial charge on any atom is -0.496 e. The highest BCUT2D eigenvalue weighted by atomic mass is 79.9. The fraction of sp³-hybridized carbons (Fsp3) is 0.381. The van der Waals surface area contributed by atoms with Crippen molar-refractivity contribution in [3.8, 4) is 5.75 Å². The van der Waals surface area contributed by atoms with Gasteiger partial charge in [-0.3, -0.25) is 4.79 Å². The van der Waals surface area contributed by atoms with Crippen molar-refractivity contribution in [3.05, 3.63) is 63.6 Å². The van der Waals surface area contributed by atoms with Crippen molar-refractivity contribution in [2.24, 2.45) is 0 Å². The predicted molar refractivity (Wildman–Crippen MR) is 104 cm³/mol. The average Bonchev–Trinajstić information content (AvgIpc) is 3.10. The van der Waals surface area contributed by atoms with Crippen molar-refractivity contribution in [2.75, 3.05) is 13.7 Å². The molecule has 1 aliphatic rings. The number of halogens is 1. The molecule has 25 heavy (non-hydrogen) atoms. The summed E-state index contributed by atoms with van der Waals surface area (Å²) in [6, 6.07) is 14.7. The van der Waals surface area contributed by atoms with Gasteiger partial charge >= 0.3 is 0 Å². The molecular weight excluding hydrogens is 378 g/mol. The van der Waals surface area contributed by atoms with E-state index in [0.717, 1.165) is 41.6 Å². The van der Waals surface area contributed by atoms with Gasteiger partial charge in [0.2, 0.25) is 5.91 Å². The van der Waals surface area contributed by atoms with Crippen LogP contribution in [-0.4, -0.2) is 24.5 Å². The smallest absolute Gasteiger partial charge is 0.223 e. The molecule has 0 bridgehead atoms. The van der Waals surface area contributed by atoms with Crippen LogP contribution in [-0.2, 0) is 11.2 Å². The number of ether oxygens (including phenoxy) is 1. The Morgan fingerprint density at radius 2 is 2.08 bits per heavy atom. The van der Waals surface area contributed by atoms with Gasteiger partial charge in [-0.2, -0.15) is 0 Å². The van der Waals surface area contributed by atoms with Crippen LogP contribution in [0.15, 0.2) is 46.9 Å². The van der Waals surface area contributed by atoms with Gasteiger partial charge in [-0.05, 0) is 70.9 Å². The van der Waals surface area contributed by atoms with Gasteiger partial charge < -0.3 is 9.64 Å². The van der Waals surface area contributed by atoms with E-state index in [0.29, 0.717) is 6.42 Å². The number of carbonyl (C=O) groups is 1. The summed E-state index contributed by atoms with van der Waals surface area (Å²) in [5, 5.41) is 0. The van der Waals surface area contributed by atoms with E-state index in [1.165, 1.54) is 11.1 Å². The minimum absolute atomic E-state index is 0.233. The Labute approximate surface area is 158 Å². The maximum Gasteiger partial charge on any atom is 0.223 e. The molecule has 3 nitrogen and oxygen atoms in total. The second-order valence-electron chi connectivity index (χ2n) is 6.57. The summed E-state index contributed by atoms with van der Waals surface area (Å²) in [5.74, 6) is 1.06. The van der Waals surface area contributed by atoms with Crippen LogP contribution in [0.25, 0.3) is 0 Å². The quantitative estimate of drug-likeness (QED) is 0.700. The first-order chi connectivity index (χ1) is 12.1. The second kappa shape index (κ2) is 8.05. The second-order valence-corrected chi connectivity index (χ2v) is 7.42. The molecule has 1 fully saturated rings. The SMILES string of the molecule is COc1ccc(CCC(=O)N2CCCC2c2ccccc2C)cc1Br. The Kier molecular flexibility index (Phi) is 5.79. The zero-order chi connectivity index (χ0) is 17.8. The highest BCUT2D eigenvalue weighted by molar-refractivity contribution is 9.10. The van der Waals surface area contributed by atoms with Crippen LogP contribution in [0.2, 0.25) is 0 Å². The van der Waals surface area contributed by atoms with E-state index in [9.17, 15) is 4.79 Å². The first-order valence-corrected chi connectivity index (χ1v) is 9.57. The van der Waals surface area contributed by atoms with Gasteiger partial charge in [-0.15, -0.1) is 0 Å². The first-order valence-electron chi connectivity index (χ1n) is 8.77. The van der Waals surface area contributed by atoms with Gasteiger partial charge in [0, 0.05) is 13.0 Å². The molecule has 2 aromatic rings. The van der Waals surface area contributed by atoms with Crippen LogP contribution < -0.4 is 4.74 Å². The largest absolute Gasteiger partial charge is 0.496 e. The van der Waals surface area contributed by atoms with E-state index in [-0.39, 0.29) is 11.9 Å². The van der Waals surface area contributed by atoms with E-state index in [2.05, 4.69) is 52.0 Å². The lowest BCUT2D eigenvalue weighted by molar-refractivity contribution is -0.132. The highest BCUT2D eigenvalue weighted by Crippen LogP contribution is 2.34. The average molecular weight is 402 g/mol. The number of methoxy groups -OCH3 is 1. The molecule has 0 aromatic heterocycles. The van der Waals surface area contributed by atoms with Crippen molar-refractivity contribution in [2.45, 2.75) is 38.6 Å². The summed E-state index contributed by atoms with van der Waals surface area (Å²) in [7, 11) is 1.66. The molecule has 1 heterocycles. The third kappa shape index (κ3) is 4.06. The van der Waals surface area contributed by atoms with Gasteiger partial charge in [-0.1, -0.05) is 30.3 Å². The topological polar surface area (TPSA) is 29.5 Å². The number of aryl methyl sites for hydroxylation is 2. The molecule has 2 aromatic carbocycles. The standard InChI is InChI=1S/C21H24BrNO2/c1-15-6-3-4-7-17(15)19-8-5-13-23(19)21(24)12-10-16-9-11-20(25-2)18(22)14-16/h3-4,6-7,9,11,14,19H,5,8,10,12-13H2,1-2H3. The number of hydrogen-bond acceptors (Lipinski definition) is 2. The van der Waals surface area contributed by atoms with Crippen LogP contribution in [0.1, 0.15) is 42.0 Å². The Balaban J connectivity index is 1.66. The van der Waals surface area contributed by atoms with Crippen molar-refractivity contribution in [1.29, 1.82) is 0 Å². The Morgan fingerprint density at radius 3 is 2.80 bits per heavy atom. The fourth-order valence-electron chi connectivity index (χ4n) is 3.61. The van der Waals surface area contributed by atoms with Crippen LogP contribution in [0, 0.1) is 6.92 Å². The molecule has 4 heteroatoms.